The highest BCUT2D eigenvalue weighted by atomic mass is 16.6. The van der Waals surface area contributed by atoms with Gasteiger partial charge in [-0.2, -0.15) is 0 Å². The van der Waals surface area contributed by atoms with Crippen LogP contribution < -0.4 is 5.73 Å². The minimum absolute atomic E-state index is 0.0525. The molecule has 0 aliphatic carbocycles. The second-order valence-corrected chi connectivity index (χ2v) is 4.33. The lowest BCUT2D eigenvalue weighted by Gasteiger charge is -2.33. The van der Waals surface area contributed by atoms with Crippen LogP contribution in [0.1, 0.15) is 5.56 Å². The molecule has 5 nitrogen and oxygen atoms in total. The van der Waals surface area contributed by atoms with Gasteiger partial charge in [-0.25, -0.2) is 4.79 Å². The Morgan fingerprint density at radius 1 is 1.17 bits per heavy atom. The highest BCUT2D eigenvalue weighted by molar-refractivity contribution is 5.67. The first kappa shape index (κ1) is 12.9. The SMILES string of the molecule is NCOC(=O)N1CCN(Cc2ccccc2)CC1. The van der Waals surface area contributed by atoms with E-state index in [0.29, 0.717) is 13.1 Å². The van der Waals surface area contributed by atoms with Crippen LogP contribution in [0.4, 0.5) is 4.79 Å². The van der Waals surface area contributed by atoms with Crippen LogP contribution in [0.25, 0.3) is 0 Å². The van der Waals surface area contributed by atoms with E-state index in [1.807, 2.05) is 18.2 Å². The summed E-state index contributed by atoms with van der Waals surface area (Å²) in [7, 11) is 0. The van der Waals surface area contributed by atoms with Crippen molar-refractivity contribution in [1.29, 1.82) is 0 Å². The molecule has 1 fully saturated rings. The summed E-state index contributed by atoms with van der Waals surface area (Å²) < 4.78 is 4.78. The molecular weight excluding hydrogens is 230 g/mol. The fourth-order valence-electron chi connectivity index (χ4n) is 2.09. The summed E-state index contributed by atoms with van der Waals surface area (Å²) in [4.78, 5) is 15.5. The molecule has 2 rings (SSSR count). The minimum atomic E-state index is -0.308. The zero-order valence-corrected chi connectivity index (χ0v) is 10.4. The lowest BCUT2D eigenvalue weighted by Crippen LogP contribution is -2.48. The number of piperazine rings is 1. The maximum Gasteiger partial charge on any atom is 0.411 e. The van der Waals surface area contributed by atoms with Crippen LogP contribution in [-0.2, 0) is 11.3 Å². The number of benzene rings is 1. The number of amides is 1. The smallest absolute Gasteiger partial charge is 0.411 e. The molecule has 18 heavy (non-hydrogen) atoms. The molecule has 0 bridgehead atoms. The number of carbonyl (C=O) groups excluding carboxylic acids is 1. The maximum absolute atomic E-state index is 11.5. The van der Waals surface area contributed by atoms with E-state index in [4.69, 9.17) is 10.5 Å². The summed E-state index contributed by atoms with van der Waals surface area (Å²) in [5.41, 5.74) is 6.49. The molecular formula is C13H19N3O2. The average molecular weight is 249 g/mol. The van der Waals surface area contributed by atoms with Gasteiger partial charge in [-0.05, 0) is 5.56 Å². The van der Waals surface area contributed by atoms with Crippen molar-refractivity contribution in [3.8, 4) is 0 Å². The van der Waals surface area contributed by atoms with Gasteiger partial charge in [0, 0.05) is 32.7 Å². The molecule has 0 radical (unpaired) electrons. The van der Waals surface area contributed by atoms with Gasteiger partial charge in [0.1, 0.15) is 6.73 Å². The first-order valence-electron chi connectivity index (χ1n) is 6.17. The minimum Gasteiger partial charge on any atom is -0.434 e. The van der Waals surface area contributed by atoms with Crippen LogP contribution >= 0.6 is 0 Å². The lowest BCUT2D eigenvalue weighted by atomic mass is 10.2. The number of nitrogens with two attached hydrogens (primary N) is 1. The number of hydrogen-bond acceptors (Lipinski definition) is 4. The van der Waals surface area contributed by atoms with Crippen LogP contribution in [0, 0.1) is 0 Å². The van der Waals surface area contributed by atoms with Crippen LogP contribution in [0.2, 0.25) is 0 Å². The summed E-state index contributed by atoms with van der Waals surface area (Å²) in [5, 5.41) is 0. The van der Waals surface area contributed by atoms with E-state index in [1.54, 1.807) is 4.90 Å². The lowest BCUT2D eigenvalue weighted by molar-refractivity contribution is 0.0762. The third kappa shape index (κ3) is 3.45. The summed E-state index contributed by atoms with van der Waals surface area (Å²) in [6.45, 7) is 4.02. The molecule has 1 aliphatic rings. The number of nitrogens with zero attached hydrogens (tertiary/aromatic N) is 2. The van der Waals surface area contributed by atoms with E-state index < -0.39 is 0 Å². The largest absolute Gasteiger partial charge is 0.434 e. The molecule has 0 spiro atoms. The van der Waals surface area contributed by atoms with Crippen molar-refractivity contribution < 1.29 is 9.53 Å². The van der Waals surface area contributed by atoms with Crippen molar-refractivity contribution in [3.63, 3.8) is 0 Å². The van der Waals surface area contributed by atoms with Crippen molar-refractivity contribution in [2.24, 2.45) is 5.73 Å². The summed E-state index contributed by atoms with van der Waals surface area (Å²) >= 11 is 0. The number of rotatable bonds is 3. The standard InChI is InChI=1S/C13H19N3O2/c14-11-18-13(17)16-8-6-15(7-9-16)10-12-4-2-1-3-5-12/h1-5H,6-11,14H2. The van der Waals surface area contributed by atoms with Gasteiger partial charge < -0.3 is 9.64 Å². The fraction of sp³-hybridized carbons (Fsp3) is 0.462. The molecule has 98 valence electrons. The van der Waals surface area contributed by atoms with Crippen LogP contribution in [0.15, 0.2) is 30.3 Å². The van der Waals surface area contributed by atoms with Gasteiger partial charge in [-0.15, -0.1) is 0 Å². The summed E-state index contributed by atoms with van der Waals surface area (Å²) in [5.74, 6) is 0. The Morgan fingerprint density at radius 2 is 1.83 bits per heavy atom. The van der Waals surface area contributed by atoms with E-state index >= 15 is 0 Å². The Bertz CT molecular complexity index is 375. The van der Waals surface area contributed by atoms with Gasteiger partial charge in [0.05, 0.1) is 0 Å². The van der Waals surface area contributed by atoms with Gasteiger partial charge in [-0.3, -0.25) is 10.6 Å². The third-order valence-corrected chi connectivity index (χ3v) is 3.09. The highest BCUT2D eigenvalue weighted by Crippen LogP contribution is 2.08. The average Bonchev–Trinajstić information content (AvgIpc) is 2.41. The van der Waals surface area contributed by atoms with Crippen molar-refractivity contribution >= 4 is 6.09 Å². The molecule has 1 aromatic rings. The van der Waals surface area contributed by atoms with E-state index in [1.165, 1.54) is 5.56 Å². The van der Waals surface area contributed by atoms with E-state index in [-0.39, 0.29) is 12.8 Å². The zero-order valence-electron chi connectivity index (χ0n) is 10.4. The van der Waals surface area contributed by atoms with Gasteiger partial charge >= 0.3 is 6.09 Å². The zero-order chi connectivity index (χ0) is 12.8. The monoisotopic (exact) mass is 249 g/mol. The fourth-order valence-corrected chi connectivity index (χ4v) is 2.09. The summed E-state index contributed by atoms with van der Waals surface area (Å²) in [6, 6.07) is 10.3. The predicted octanol–water partition coefficient (Wildman–Crippen LogP) is 0.857. The maximum atomic E-state index is 11.5. The molecule has 1 aromatic carbocycles. The normalized spacial score (nSPS) is 16.6. The van der Waals surface area contributed by atoms with Crippen LogP contribution in [0.5, 0.6) is 0 Å². The number of carbonyl (C=O) groups is 1. The molecule has 0 unspecified atom stereocenters. The van der Waals surface area contributed by atoms with Gasteiger partial charge in [-0.1, -0.05) is 30.3 Å². The van der Waals surface area contributed by atoms with Crippen molar-refractivity contribution in [1.82, 2.24) is 9.80 Å². The van der Waals surface area contributed by atoms with Crippen LogP contribution in [0.3, 0.4) is 0 Å². The number of hydrogen-bond donors (Lipinski definition) is 1. The molecule has 0 saturated carbocycles. The van der Waals surface area contributed by atoms with E-state index in [0.717, 1.165) is 19.6 Å². The molecule has 1 amide bonds. The Labute approximate surface area is 107 Å². The molecule has 0 aromatic heterocycles. The molecule has 1 saturated heterocycles. The quantitative estimate of drug-likeness (QED) is 0.807. The first-order valence-corrected chi connectivity index (χ1v) is 6.17. The molecule has 2 N–H and O–H groups in total. The molecule has 1 aliphatic heterocycles. The van der Waals surface area contributed by atoms with Crippen molar-refractivity contribution in [3.05, 3.63) is 35.9 Å². The molecule has 1 heterocycles. The number of ether oxygens (including phenoxy) is 1. The molecule has 0 atom stereocenters. The Kier molecular flexibility index (Phi) is 4.55. The van der Waals surface area contributed by atoms with Gasteiger partial charge in [0.2, 0.25) is 0 Å². The second-order valence-electron chi connectivity index (χ2n) is 4.33. The van der Waals surface area contributed by atoms with Gasteiger partial charge in [0.25, 0.3) is 0 Å². The Balaban J connectivity index is 1.78. The topological polar surface area (TPSA) is 58.8 Å². The van der Waals surface area contributed by atoms with E-state index in [9.17, 15) is 4.79 Å². The van der Waals surface area contributed by atoms with Gasteiger partial charge in [0.15, 0.2) is 0 Å². The van der Waals surface area contributed by atoms with Crippen LogP contribution in [-0.4, -0.2) is 48.8 Å². The Morgan fingerprint density at radius 3 is 2.44 bits per heavy atom. The van der Waals surface area contributed by atoms with Crippen molar-refractivity contribution in [2.45, 2.75) is 6.54 Å². The first-order chi connectivity index (χ1) is 8.79. The van der Waals surface area contributed by atoms with E-state index in [2.05, 4.69) is 17.0 Å². The van der Waals surface area contributed by atoms with Crippen molar-refractivity contribution in [2.75, 3.05) is 32.9 Å². The highest BCUT2D eigenvalue weighted by Gasteiger charge is 2.21. The predicted molar refractivity (Wildman–Crippen MR) is 68.8 cm³/mol. The third-order valence-electron chi connectivity index (χ3n) is 3.09. The summed E-state index contributed by atoms with van der Waals surface area (Å²) in [6.07, 6.45) is -0.308. The Hall–Kier alpha value is -1.59. The molecule has 5 heteroatoms. The second kappa shape index (κ2) is 6.37.